The molecule has 0 saturated heterocycles. The molecular weight excluding hydrogens is 357 g/mol. The van der Waals surface area contributed by atoms with Crippen molar-refractivity contribution >= 4 is 5.91 Å². The predicted molar refractivity (Wildman–Crippen MR) is 107 cm³/mol. The van der Waals surface area contributed by atoms with Gasteiger partial charge in [0, 0.05) is 18.2 Å². The van der Waals surface area contributed by atoms with E-state index in [-0.39, 0.29) is 17.8 Å². The maximum atomic E-state index is 14.4. The summed E-state index contributed by atoms with van der Waals surface area (Å²) in [7, 11) is 1.59. The molecule has 6 heteroatoms. The number of benzene rings is 2. The Kier molecular flexibility index (Phi) is 5.78. The van der Waals surface area contributed by atoms with E-state index < -0.39 is 0 Å². The van der Waals surface area contributed by atoms with Gasteiger partial charge in [0.25, 0.3) is 5.91 Å². The average molecular weight is 381 g/mol. The molecule has 28 heavy (non-hydrogen) atoms. The van der Waals surface area contributed by atoms with Crippen LogP contribution in [0, 0.1) is 12.7 Å². The number of halogens is 1. The van der Waals surface area contributed by atoms with Gasteiger partial charge in [-0.3, -0.25) is 4.79 Å². The van der Waals surface area contributed by atoms with Gasteiger partial charge in [-0.25, -0.2) is 9.37 Å². The van der Waals surface area contributed by atoms with Crippen LogP contribution in [0.3, 0.4) is 0 Å². The van der Waals surface area contributed by atoms with Gasteiger partial charge in [0.15, 0.2) is 0 Å². The van der Waals surface area contributed by atoms with Crippen LogP contribution in [0.4, 0.5) is 4.39 Å². The van der Waals surface area contributed by atoms with Crippen molar-refractivity contribution < 1.29 is 13.9 Å². The third kappa shape index (κ3) is 4.22. The van der Waals surface area contributed by atoms with Crippen molar-refractivity contribution in [1.82, 2.24) is 14.9 Å². The summed E-state index contributed by atoms with van der Waals surface area (Å²) >= 11 is 0. The first-order chi connectivity index (χ1) is 13.4. The van der Waals surface area contributed by atoms with E-state index in [4.69, 9.17) is 4.74 Å². The maximum Gasteiger partial charge on any atom is 0.272 e. The molecule has 2 aromatic carbocycles. The highest BCUT2D eigenvalue weighted by Crippen LogP contribution is 2.27. The first kappa shape index (κ1) is 19.6. The number of aryl methyl sites for hydroxylation is 1. The Morgan fingerprint density at radius 1 is 1.21 bits per heavy atom. The lowest BCUT2D eigenvalue weighted by Crippen LogP contribution is -2.36. The molecule has 0 bridgehead atoms. The third-order valence-corrected chi connectivity index (χ3v) is 4.60. The number of aromatic nitrogens is 2. The number of hydrogen-bond donors (Lipinski definition) is 1. The van der Waals surface area contributed by atoms with Crippen LogP contribution in [0.1, 0.15) is 35.7 Å². The predicted octanol–water partition coefficient (Wildman–Crippen LogP) is 4.58. The number of nitrogens with one attached hydrogen (secondary N) is 1. The highest BCUT2D eigenvalue weighted by Gasteiger charge is 2.21. The van der Waals surface area contributed by atoms with Crippen LogP contribution in [-0.2, 0) is 6.54 Å². The molecular formula is C22H24FN3O2. The van der Waals surface area contributed by atoms with Crippen molar-refractivity contribution in [1.29, 1.82) is 0 Å². The minimum Gasteiger partial charge on any atom is -0.497 e. The second kappa shape index (κ2) is 8.25. The number of ether oxygens (including phenoxy) is 1. The second-order valence-corrected chi connectivity index (χ2v) is 6.95. The van der Waals surface area contributed by atoms with Gasteiger partial charge in [0.1, 0.15) is 23.1 Å². The smallest absolute Gasteiger partial charge is 0.272 e. The minimum absolute atomic E-state index is 0.0226. The summed E-state index contributed by atoms with van der Waals surface area (Å²) in [6.07, 6.45) is 1.54. The van der Waals surface area contributed by atoms with Crippen molar-refractivity contribution in [2.75, 3.05) is 7.11 Å². The topological polar surface area (TPSA) is 58.2 Å². The van der Waals surface area contributed by atoms with Crippen molar-refractivity contribution in [3.05, 3.63) is 71.6 Å². The average Bonchev–Trinajstić information content (AvgIpc) is 3.13. The van der Waals surface area contributed by atoms with Gasteiger partial charge in [0.05, 0.1) is 13.3 Å². The van der Waals surface area contributed by atoms with Gasteiger partial charge < -0.3 is 14.6 Å². The van der Waals surface area contributed by atoms with E-state index >= 15 is 0 Å². The molecule has 0 fully saturated rings. The lowest BCUT2D eigenvalue weighted by Gasteiger charge is -2.26. The third-order valence-electron chi connectivity index (χ3n) is 4.60. The summed E-state index contributed by atoms with van der Waals surface area (Å²) in [4.78, 5) is 21.7. The fourth-order valence-electron chi connectivity index (χ4n) is 3.03. The SMILES string of the molecule is COc1ccc(-c2cc(CN(C(=O)c3cnc(C)[nH]3)C(C)C)ccc2F)cc1. The Labute approximate surface area is 164 Å². The van der Waals surface area contributed by atoms with Crippen LogP contribution >= 0.6 is 0 Å². The Balaban J connectivity index is 1.88. The molecule has 0 spiro atoms. The Hall–Kier alpha value is -3.15. The lowest BCUT2D eigenvalue weighted by molar-refractivity contribution is 0.0684. The number of carbonyl (C=O) groups is 1. The van der Waals surface area contributed by atoms with Crippen molar-refractivity contribution in [2.45, 2.75) is 33.4 Å². The monoisotopic (exact) mass is 381 g/mol. The number of methoxy groups -OCH3 is 1. The van der Waals surface area contributed by atoms with Crippen LogP contribution in [-0.4, -0.2) is 33.9 Å². The van der Waals surface area contributed by atoms with Crippen LogP contribution in [0.25, 0.3) is 11.1 Å². The van der Waals surface area contributed by atoms with E-state index in [1.807, 2.05) is 26.0 Å². The maximum absolute atomic E-state index is 14.4. The van der Waals surface area contributed by atoms with Crippen LogP contribution in [0.2, 0.25) is 0 Å². The molecule has 0 aliphatic rings. The van der Waals surface area contributed by atoms with E-state index in [9.17, 15) is 9.18 Å². The van der Waals surface area contributed by atoms with Crippen LogP contribution < -0.4 is 4.74 Å². The quantitative estimate of drug-likeness (QED) is 0.680. The first-order valence-electron chi connectivity index (χ1n) is 9.14. The molecule has 0 radical (unpaired) electrons. The molecule has 3 rings (SSSR count). The van der Waals surface area contributed by atoms with Gasteiger partial charge in [-0.2, -0.15) is 0 Å². The highest BCUT2D eigenvalue weighted by atomic mass is 19.1. The molecule has 3 aromatic rings. The Morgan fingerprint density at radius 2 is 1.93 bits per heavy atom. The highest BCUT2D eigenvalue weighted by molar-refractivity contribution is 5.92. The molecule has 0 saturated carbocycles. The van der Waals surface area contributed by atoms with Crippen molar-refractivity contribution in [3.8, 4) is 16.9 Å². The number of aromatic amines is 1. The number of H-pyrrole nitrogens is 1. The zero-order chi connectivity index (χ0) is 20.3. The molecule has 0 unspecified atom stereocenters. The summed E-state index contributed by atoms with van der Waals surface area (Å²) < 4.78 is 19.6. The van der Waals surface area contributed by atoms with Gasteiger partial charge in [-0.1, -0.05) is 18.2 Å². The summed E-state index contributed by atoms with van der Waals surface area (Å²) in [6, 6.07) is 12.2. The fourth-order valence-corrected chi connectivity index (χ4v) is 3.03. The summed E-state index contributed by atoms with van der Waals surface area (Å²) in [5.74, 6) is 0.967. The number of rotatable bonds is 6. The molecule has 0 aliphatic carbocycles. The largest absolute Gasteiger partial charge is 0.497 e. The van der Waals surface area contributed by atoms with E-state index in [0.717, 1.165) is 11.1 Å². The first-order valence-corrected chi connectivity index (χ1v) is 9.14. The molecule has 146 valence electrons. The van der Waals surface area contributed by atoms with E-state index in [1.165, 1.54) is 6.07 Å². The number of carbonyl (C=O) groups excluding carboxylic acids is 1. The number of imidazole rings is 1. The molecule has 1 N–H and O–H groups in total. The molecule has 1 aromatic heterocycles. The normalized spacial score (nSPS) is 10.9. The van der Waals surface area contributed by atoms with Gasteiger partial charge in [0.2, 0.25) is 0 Å². The summed E-state index contributed by atoms with van der Waals surface area (Å²) in [6.45, 7) is 6.08. The van der Waals surface area contributed by atoms with Crippen LogP contribution in [0.15, 0.2) is 48.7 Å². The lowest BCUT2D eigenvalue weighted by atomic mass is 10.0. The zero-order valence-electron chi connectivity index (χ0n) is 16.5. The van der Waals surface area contributed by atoms with E-state index in [1.54, 1.807) is 49.4 Å². The zero-order valence-corrected chi connectivity index (χ0v) is 16.5. The standard InChI is InChI=1S/C22H24FN3O2/c1-14(2)26(22(27)21-12-24-15(3)25-21)13-16-5-10-20(23)19(11-16)17-6-8-18(28-4)9-7-17/h5-12,14H,13H2,1-4H3,(H,24,25). The Bertz CT molecular complexity index is 964. The fraction of sp³-hybridized carbons (Fsp3) is 0.273. The van der Waals surface area contributed by atoms with E-state index in [0.29, 0.717) is 29.4 Å². The molecule has 1 amide bonds. The minimum atomic E-state index is -0.305. The van der Waals surface area contributed by atoms with Gasteiger partial charge in [-0.15, -0.1) is 0 Å². The van der Waals surface area contributed by atoms with Gasteiger partial charge >= 0.3 is 0 Å². The molecule has 0 atom stereocenters. The summed E-state index contributed by atoms with van der Waals surface area (Å²) in [5, 5.41) is 0. The molecule has 1 heterocycles. The van der Waals surface area contributed by atoms with Gasteiger partial charge in [-0.05, 0) is 56.2 Å². The number of hydrogen-bond acceptors (Lipinski definition) is 3. The van der Waals surface area contributed by atoms with Crippen molar-refractivity contribution in [3.63, 3.8) is 0 Å². The number of amides is 1. The Morgan fingerprint density at radius 3 is 2.50 bits per heavy atom. The molecule has 5 nitrogen and oxygen atoms in total. The van der Waals surface area contributed by atoms with Crippen LogP contribution in [0.5, 0.6) is 5.75 Å². The second-order valence-electron chi connectivity index (χ2n) is 6.95. The van der Waals surface area contributed by atoms with E-state index in [2.05, 4.69) is 9.97 Å². The molecule has 0 aliphatic heterocycles. The van der Waals surface area contributed by atoms with Crippen molar-refractivity contribution in [2.24, 2.45) is 0 Å². The number of nitrogens with zero attached hydrogens (tertiary/aromatic N) is 2. The summed E-state index contributed by atoms with van der Waals surface area (Å²) in [5.41, 5.74) is 2.55.